The van der Waals surface area contributed by atoms with Crippen LogP contribution >= 0.6 is 0 Å². The van der Waals surface area contributed by atoms with E-state index in [9.17, 15) is 4.79 Å². The summed E-state index contributed by atoms with van der Waals surface area (Å²) >= 11 is 0. The molecule has 0 amide bonds. The first-order chi connectivity index (χ1) is 8.24. The summed E-state index contributed by atoms with van der Waals surface area (Å²) in [5.74, 6) is -0.831. The van der Waals surface area contributed by atoms with E-state index in [1.165, 1.54) is 6.33 Å². The molecule has 1 aromatic heterocycles. The molecule has 0 radical (unpaired) electrons. The average Bonchev–Trinajstić information content (AvgIpc) is 2.32. The number of rotatable bonds is 4. The minimum absolute atomic E-state index is 0.0364. The molecule has 2 aromatic rings. The number of nitrogens with one attached hydrogen (secondary N) is 1. The zero-order valence-electron chi connectivity index (χ0n) is 9.00. The van der Waals surface area contributed by atoms with Gasteiger partial charge < -0.3 is 10.4 Å². The van der Waals surface area contributed by atoms with Gasteiger partial charge in [0.25, 0.3) is 0 Å². The first-order valence-corrected chi connectivity index (χ1v) is 5.07. The molecule has 2 N–H and O–H groups in total. The summed E-state index contributed by atoms with van der Waals surface area (Å²) in [5.41, 5.74) is 2.43. The van der Waals surface area contributed by atoms with Gasteiger partial charge in [-0.15, -0.1) is 0 Å². The topological polar surface area (TPSA) is 75.1 Å². The molecule has 0 saturated heterocycles. The van der Waals surface area contributed by atoms with E-state index in [1.54, 1.807) is 24.5 Å². The molecule has 0 aliphatic rings. The van der Waals surface area contributed by atoms with E-state index in [4.69, 9.17) is 5.11 Å². The predicted octanol–water partition coefficient (Wildman–Crippen LogP) is 1.85. The maximum Gasteiger partial charge on any atom is 0.307 e. The molecule has 0 aliphatic carbocycles. The number of aromatic nitrogens is 2. The Hall–Kier alpha value is -2.43. The van der Waals surface area contributed by atoms with Crippen molar-refractivity contribution in [1.82, 2.24) is 9.97 Å². The number of hydrogen-bond acceptors (Lipinski definition) is 4. The molecule has 0 fully saturated rings. The predicted molar refractivity (Wildman–Crippen MR) is 63.1 cm³/mol. The number of carboxylic acid groups (broad SMARTS) is 1. The Morgan fingerprint density at radius 2 is 1.76 bits per heavy atom. The van der Waals surface area contributed by atoms with Crippen LogP contribution in [-0.2, 0) is 11.2 Å². The third-order valence-electron chi connectivity index (χ3n) is 2.16. The summed E-state index contributed by atoms with van der Waals surface area (Å²) in [7, 11) is 0. The molecule has 0 atom stereocenters. The number of carbonyl (C=O) groups is 1. The van der Waals surface area contributed by atoms with Crippen LogP contribution in [0.1, 0.15) is 5.56 Å². The van der Waals surface area contributed by atoms with E-state index in [0.717, 1.165) is 16.9 Å². The van der Waals surface area contributed by atoms with Crippen molar-refractivity contribution < 1.29 is 9.90 Å². The molecular formula is C12H11N3O2. The molecule has 5 heteroatoms. The number of aliphatic carboxylic acids is 1. The van der Waals surface area contributed by atoms with Crippen molar-refractivity contribution in [3.63, 3.8) is 0 Å². The normalized spacial score (nSPS) is 9.88. The molecule has 0 saturated carbocycles. The molecular weight excluding hydrogens is 218 g/mol. The first-order valence-electron chi connectivity index (χ1n) is 5.07. The van der Waals surface area contributed by atoms with E-state index in [2.05, 4.69) is 15.3 Å². The van der Waals surface area contributed by atoms with E-state index in [0.29, 0.717) is 0 Å². The summed E-state index contributed by atoms with van der Waals surface area (Å²) in [6, 6.07) is 7.21. The molecule has 2 rings (SSSR count). The number of benzene rings is 1. The minimum Gasteiger partial charge on any atom is -0.481 e. The second kappa shape index (κ2) is 5.07. The van der Waals surface area contributed by atoms with Gasteiger partial charge in [-0.2, -0.15) is 0 Å². The van der Waals surface area contributed by atoms with Gasteiger partial charge >= 0.3 is 5.97 Å². The molecule has 5 nitrogen and oxygen atoms in total. The van der Waals surface area contributed by atoms with Crippen molar-refractivity contribution in [2.24, 2.45) is 0 Å². The Bertz CT molecular complexity index is 497. The highest BCUT2D eigenvalue weighted by atomic mass is 16.4. The third kappa shape index (κ3) is 3.27. The van der Waals surface area contributed by atoms with Gasteiger partial charge in [0.15, 0.2) is 0 Å². The average molecular weight is 229 g/mol. The van der Waals surface area contributed by atoms with Crippen LogP contribution in [0.15, 0.2) is 43.0 Å². The zero-order chi connectivity index (χ0) is 12.1. The van der Waals surface area contributed by atoms with Gasteiger partial charge in [0.1, 0.15) is 6.33 Å². The van der Waals surface area contributed by atoms with Crippen LogP contribution in [0, 0.1) is 0 Å². The van der Waals surface area contributed by atoms with Crippen LogP contribution in [0.4, 0.5) is 11.4 Å². The van der Waals surface area contributed by atoms with Gasteiger partial charge in [0.05, 0.1) is 24.5 Å². The second-order valence-electron chi connectivity index (χ2n) is 3.52. The van der Waals surface area contributed by atoms with E-state index >= 15 is 0 Å². The van der Waals surface area contributed by atoms with Crippen molar-refractivity contribution in [2.45, 2.75) is 6.42 Å². The molecule has 17 heavy (non-hydrogen) atoms. The van der Waals surface area contributed by atoms with Crippen molar-refractivity contribution in [3.05, 3.63) is 48.5 Å². The lowest BCUT2D eigenvalue weighted by Gasteiger charge is -2.05. The minimum atomic E-state index is -0.831. The molecule has 0 unspecified atom stereocenters. The molecule has 1 aromatic carbocycles. The van der Waals surface area contributed by atoms with E-state index in [-0.39, 0.29) is 6.42 Å². The highest BCUT2D eigenvalue weighted by molar-refractivity contribution is 5.70. The monoisotopic (exact) mass is 229 g/mol. The van der Waals surface area contributed by atoms with Gasteiger partial charge in [-0.3, -0.25) is 4.79 Å². The first kappa shape index (κ1) is 11.1. The van der Waals surface area contributed by atoms with Gasteiger partial charge in [-0.1, -0.05) is 12.1 Å². The van der Waals surface area contributed by atoms with Crippen LogP contribution in [0.5, 0.6) is 0 Å². The fraction of sp³-hybridized carbons (Fsp3) is 0.0833. The van der Waals surface area contributed by atoms with Crippen molar-refractivity contribution in [2.75, 3.05) is 5.32 Å². The van der Waals surface area contributed by atoms with Crippen molar-refractivity contribution in [1.29, 1.82) is 0 Å². The number of anilines is 2. The zero-order valence-corrected chi connectivity index (χ0v) is 9.00. The maximum atomic E-state index is 10.5. The summed E-state index contributed by atoms with van der Waals surface area (Å²) < 4.78 is 0. The van der Waals surface area contributed by atoms with Gasteiger partial charge in [0.2, 0.25) is 0 Å². The highest BCUT2D eigenvalue weighted by Crippen LogP contribution is 2.15. The lowest BCUT2D eigenvalue weighted by molar-refractivity contribution is -0.136. The van der Waals surface area contributed by atoms with Crippen molar-refractivity contribution >= 4 is 17.3 Å². The van der Waals surface area contributed by atoms with E-state index in [1.807, 2.05) is 12.1 Å². The van der Waals surface area contributed by atoms with Crippen LogP contribution in [0.25, 0.3) is 0 Å². The lowest BCUT2D eigenvalue weighted by atomic mass is 10.1. The largest absolute Gasteiger partial charge is 0.481 e. The number of nitrogens with zero attached hydrogens (tertiary/aromatic N) is 2. The third-order valence-corrected chi connectivity index (χ3v) is 2.16. The number of carboxylic acids is 1. The Morgan fingerprint density at radius 1 is 1.12 bits per heavy atom. The van der Waals surface area contributed by atoms with Crippen LogP contribution in [0.3, 0.4) is 0 Å². The molecule has 1 heterocycles. The summed E-state index contributed by atoms with van der Waals surface area (Å²) in [6.45, 7) is 0. The van der Waals surface area contributed by atoms with Crippen molar-refractivity contribution in [3.8, 4) is 0 Å². The van der Waals surface area contributed by atoms with Gasteiger partial charge in [-0.25, -0.2) is 9.97 Å². The summed E-state index contributed by atoms with van der Waals surface area (Å²) in [4.78, 5) is 18.3. The Balaban J connectivity index is 2.06. The Morgan fingerprint density at radius 3 is 2.35 bits per heavy atom. The molecule has 0 bridgehead atoms. The molecule has 0 spiro atoms. The second-order valence-corrected chi connectivity index (χ2v) is 3.52. The van der Waals surface area contributed by atoms with E-state index < -0.39 is 5.97 Å². The fourth-order valence-corrected chi connectivity index (χ4v) is 1.41. The smallest absolute Gasteiger partial charge is 0.307 e. The molecule has 86 valence electrons. The number of hydrogen-bond donors (Lipinski definition) is 2. The fourth-order valence-electron chi connectivity index (χ4n) is 1.41. The SMILES string of the molecule is O=C(O)Cc1ccc(Nc2cncnc2)cc1. The van der Waals surface area contributed by atoms with Gasteiger partial charge in [-0.05, 0) is 17.7 Å². The quantitative estimate of drug-likeness (QED) is 0.836. The summed E-state index contributed by atoms with van der Waals surface area (Å²) in [5, 5.41) is 11.8. The standard InChI is InChI=1S/C12H11N3O2/c16-12(17)5-9-1-3-10(4-2-9)15-11-6-13-8-14-7-11/h1-4,6-8,15H,5H2,(H,16,17). The molecule has 0 aliphatic heterocycles. The highest BCUT2D eigenvalue weighted by Gasteiger charge is 2.00. The van der Waals surface area contributed by atoms with Crippen LogP contribution < -0.4 is 5.32 Å². The Labute approximate surface area is 98.2 Å². The van der Waals surface area contributed by atoms with Crippen LogP contribution in [-0.4, -0.2) is 21.0 Å². The lowest BCUT2D eigenvalue weighted by Crippen LogP contribution is -2.00. The summed E-state index contributed by atoms with van der Waals surface area (Å²) in [6.07, 6.45) is 4.83. The van der Waals surface area contributed by atoms with Crippen LogP contribution in [0.2, 0.25) is 0 Å². The van der Waals surface area contributed by atoms with Gasteiger partial charge in [0, 0.05) is 5.69 Å². The Kier molecular flexibility index (Phi) is 3.30. The maximum absolute atomic E-state index is 10.5.